The Morgan fingerprint density at radius 1 is 1.27 bits per heavy atom. The van der Waals surface area contributed by atoms with Gasteiger partial charge in [0.2, 0.25) is 5.95 Å². The van der Waals surface area contributed by atoms with Crippen LogP contribution >= 0.6 is 11.6 Å². The Hall–Kier alpha value is -2.34. The van der Waals surface area contributed by atoms with Crippen LogP contribution in [0.25, 0.3) is 0 Å². The quantitative estimate of drug-likeness (QED) is 0.605. The number of carbonyl (C=O) groups excluding carboxylic acids is 1. The van der Waals surface area contributed by atoms with Crippen LogP contribution in [-0.2, 0) is 0 Å². The molecule has 0 saturated heterocycles. The van der Waals surface area contributed by atoms with E-state index in [0.717, 1.165) is 12.8 Å². The number of halogens is 1. The maximum absolute atomic E-state index is 12.2. The molecule has 2 aromatic rings. The van der Waals surface area contributed by atoms with Crippen molar-refractivity contribution in [1.82, 2.24) is 15.4 Å². The van der Waals surface area contributed by atoms with E-state index in [1.54, 1.807) is 18.2 Å². The average Bonchev–Trinajstić information content (AvgIpc) is 2.55. The van der Waals surface area contributed by atoms with E-state index in [1.165, 1.54) is 12.4 Å². The van der Waals surface area contributed by atoms with Crippen LogP contribution in [0.2, 0.25) is 5.02 Å². The van der Waals surface area contributed by atoms with E-state index < -0.39 is 0 Å². The van der Waals surface area contributed by atoms with Crippen LogP contribution in [0.3, 0.4) is 0 Å². The lowest BCUT2D eigenvalue weighted by Gasteiger charge is -2.11. The first-order chi connectivity index (χ1) is 10.7. The van der Waals surface area contributed by atoms with E-state index in [9.17, 15) is 4.79 Å². The standard InChI is InChI=1S/C15H17ClN4O2/c1-2-3-8-22-13-7-5-4-6-12(13)14(21)19-20-15-17-9-11(16)10-18-15/h4-7,9-10H,2-3,8H2,1H3,(H,19,21)(H,17,18,20). The number of hydrogen-bond acceptors (Lipinski definition) is 5. The molecular weight excluding hydrogens is 304 g/mol. The molecular formula is C15H17ClN4O2. The minimum Gasteiger partial charge on any atom is -0.493 e. The Kier molecular flexibility index (Phi) is 5.97. The van der Waals surface area contributed by atoms with Crippen molar-refractivity contribution in [3.05, 3.63) is 47.2 Å². The van der Waals surface area contributed by atoms with Gasteiger partial charge >= 0.3 is 0 Å². The topological polar surface area (TPSA) is 76.1 Å². The number of nitrogens with one attached hydrogen (secondary N) is 2. The van der Waals surface area contributed by atoms with Gasteiger partial charge in [0.1, 0.15) is 5.75 Å². The van der Waals surface area contributed by atoms with Gasteiger partial charge in [-0.1, -0.05) is 37.1 Å². The molecule has 6 nitrogen and oxygen atoms in total. The number of benzene rings is 1. The molecule has 0 fully saturated rings. The van der Waals surface area contributed by atoms with Gasteiger partial charge in [-0.2, -0.15) is 0 Å². The Morgan fingerprint density at radius 2 is 2.00 bits per heavy atom. The smallest absolute Gasteiger partial charge is 0.273 e. The fourth-order valence-electron chi connectivity index (χ4n) is 1.66. The number of carbonyl (C=O) groups is 1. The van der Waals surface area contributed by atoms with Gasteiger partial charge in [-0.25, -0.2) is 9.97 Å². The number of hydrogen-bond donors (Lipinski definition) is 2. The molecule has 0 saturated carbocycles. The summed E-state index contributed by atoms with van der Waals surface area (Å²) in [6, 6.07) is 7.07. The highest BCUT2D eigenvalue weighted by molar-refractivity contribution is 6.30. The van der Waals surface area contributed by atoms with Crippen molar-refractivity contribution in [1.29, 1.82) is 0 Å². The molecule has 0 spiro atoms. The first-order valence-corrected chi connectivity index (χ1v) is 7.34. The molecule has 7 heteroatoms. The van der Waals surface area contributed by atoms with Crippen LogP contribution < -0.4 is 15.6 Å². The Bertz CT molecular complexity index is 619. The number of unbranched alkanes of at least 4 members (excludes halogenated alkanes) is 1. The van der Waals surface area contributed by atoms with Gasteiger partial charge < -0.3 is 4.74 Å². The SMILES string of the molecule is CCCCOc1ccccc1C(=O)NNc1ncc(Cl)cn1. The van der Waals surface area contributed by atoms with Crippen LogP contribution in [0.1, 0.15) is 30.1 Å². The molecule has 1 amide bonds. The van der Waals surface area contributed by atoms with Crippen molar-refractivity contribution < 1.29 is 9.53 Å². The Balaban J connectivity index is 1.98. The van der Waals surface area contributed by atoms with Crippen molar-refractivity contribution in [2.45, 2.75) is 19.8 Å². The van der Waals surface area contributed by atoms with Gasteiger partial charge in [-0.3, -0.25) is 15.6 Å². The van der Waals surface area contributed by atoms with E-state index in [4.69, 9.17) is 16.3 Å². The number of para-hydroxylation sites is 1. The Labute approximate surface area is 133 Å². The number of rotatable bonds is 7. The summed E-state index contributed by atoms with van der Waals surface area (Å²) in [5, 5.41) is 0.423. The molecule has 2 rings (SSSR count). The lowest BCUT2D eigenvalue weighted by atomic mass is 10.2. The highest BCUT2D eigenvalue weighted by atomic mass is 35.5. The summed E-state index contributed by atoms with van der Waals surface area (Å²) >= 11 is 5.69. The van der Waals surface area contributed by atoms with Crippen LogP contribution in [0.5, 0.6) is 5.75 Å². The van der Waals surface area contributed by atoms with Crippen molar-refractivity contribution in [3.63, 3.8) is 0 Å². The second-order valence-electron chi connectivity index (χ2n) is 4.50. The van der Waals surface area contributed by atoms with Crippen LogP contribution in [0, 0.1) is 0 Å². The number of ether oxygens (including phenoxy) is 1. The molecule has 0 bridgehead atoms. The zero-order valence-electron chi connectivity index (χ0n) is 12.2. The predicted octanol–water partition coefficient (Wildman–Crippen LogP) is 3.07. The minimum absolute atomic E-state index is 0.252. The van der Waals surface area contributed by atoms with E-state index >= 15 is 0 Å². The zero-order chi connectivity index (χ0) is 15.8. The number of anilines is 1. The zero-order valence-corrected chi connectivity index (χ0v) is 12.9. The fourth-order valence-corrected chi connectivity index (χ4v) is 1.76. The number of amides is 1. The van der Waals surface area contributed by atoms with Gasteiger partial charge in [0.05, 0.1) is 29.6 Å². The molecule has 1 aromatic carbocycles. The van der Waals surface area contributed by atoms with Crippen molar-refractivity contribution >= 4 is 23.5 Å². The predicted molar refractivity (Wildman–Crippen MR) is 85.0 cm³/mol. The minimum atomic E-state index is -0.328. The third-order valence-electron chi connectivity index (χ3n) is 2.80. The maximum Gasteiger partial charge on any atom is 0.273 e. The van der Waals surface area contributed by atoms with Gasteiger partial charge in [-0.05, 0) is 18.6 Å². The fraction of sp³-hybridized carbons (Fsp3) is 0.267. The molecule has 2 N–H and O–H groups in total. The van der Waals surface area contributed by atoms with E-state index in [-0.39, 0.29) is 11.9 Å². The van der Waals surface area contributed by atoms with Crippen molar-refractivity contribution in [2.24, 2.45) is 0 Å². The van der Waals surface area contributed by atoms with Crippen LogP contribution in [0.15, 0.2) is 36.7 Å². The third kappa shape index (κ3) is 4.60. The van der Waals surface area contributed by atoms with Crippen LogP contribution in [-0.4, -0.2) is 22.5 Å². The van der Waals surface area contributed by atoms with Crippen molar-refractivity contribution in [3.8, 4) is 5.75 Å². The van der Waals surface area contributed by atoms with Crippen LogP contribution in [0.4, 0.5) is 5.95 Å². The van der Waals surface area contributed by atoms with E-state index in [1.807, 2.05) is 6.07 Å². The molecule has 0 atom stereocenters. The highest BCUT2D eigenvalue weighted by Gasteiger charge is 2.12. The lowest BCUT2D eigenvalue weighted by Crippen LogP contribution is -2.30. The summed E-state index contributed by atoms with van der Waals surface area (Å²) in [6.45, 7) is 2.66. The molecule has 0 radical (unpaired) electrons. The summed E-state index contributed by atoms with van der Waals surface area (Å²) < 4.78 is 5.63. The lowest BCUT2D eigenvalue weighted by molar-refractivity contribution is 0.0958. The first kappa shape index (κ1) is 16.0. The molecule has 0 aliphatic rings. The molecule has 116 valence electrons. The van der Waals surface area contributed by atoms with E-state index in [0.29, 0.717) is 22.9 Å². The summed E-state index contributed by atoms with van der Waals surface area (Å²) in [4.78, 5) is 20.1. The van der Waals surface area contributed by atoms with Gasteiger partial charge in [0.25, 0.3) is 5.91 Å². The van der Waals surface area contributed by atoms with Gasteiger partial charge in [0, 0.05) is 0 Å². The maximum atomic E-state index is 12.2. The molecule has 0 aliphatic heterocycles. The first-order valence-electron chi connectivity index (χ1n) is 6.96. The second-order valence-corrected chi connectivity index (χ2v) is 4.94. The summed E-state index contributed by atoms with van der Waals surface area (Å²) in [5.74, 6) is 0.472. The molecule has 0 aliphatic carbocycles. The Morgan fingerprint density at radius 3 is 2.73 bits per heavy atom. The molecule has 1 aromatic heterocycles. The largest absolute Gasteiger partial charge is 0.493 e. The monoisotopic (exact) mass is 320 g/mol. The van der Waals surface area contributed by atoms with Gasteiger partial charge in [-0.15, -0.1) is 0 Å². The normalized spacial score (nSPS) is 10.1. The molecule has 1 heterocycles. The summed E-state index contributed by atoms with van der Waals surface area (Å²) in [5.41, 5.74) is 5.60. The van der Waals surface area contributed by atoms with Gasteiger partial charge in [0.15, 0.2) is 0 Å². The van der Waals surface area contributed by atoms with Crippen molar-refractivity contribution in [2.75, 3.05) is 12.0 Å². The van der Waals surface area contributed by atoms with E-state index in [2.05, 4.69) is 27.7 Å². The third-order valence-corrected chi connectivity index (χ3v) is 2.99. The average molecular weight is 321 g/mol. The number of hydrazine groups is 1. The summed E-state index contributed by atoms with van der Waals surface area (Å²) in [6.07, 6.45) is 4.84. The second kappa shape index (κ2) is 8.19. The molecule has 0 unspecified atom stereocenters. The highest BCUT2D eigenvalue weighted by Crippen LogP contribution is 2.18. The number of aromatic nitrogens is 2. The number of nitrogens with zero attached hydrogens (tertiary/aromatic N) is 2. The molecule has 22 heavy (non-hydrogen) atoms. The summed E-state index contributed by atoms with van der Waals surface area (Å²) in [7, 11) is 0.